The van der Waals surface area contributed by atoms with Crippen molar-refractivity contribution >= 4 is 19.8 Å². The van der Waals surface area contributed by atoms with E-state index in [-0.39, 0.29) is 32.0 Å². The van der Waals surface area contributed by atoms with E-state index in [1.54, 1.807) is 0 Å². The lowest BCUT2D eigenvalue weighted by Gasteiger charge is -2.24. The van der Waals surface area contributed by atoms with E-state index in [4.69, 9.17) is 18.5 Å². The number of carbonyl (C=O) groups is 2. The molecule has 0 saturated heterocycles. The first kappa shape index (κ1) is 64.9. The molecule has 0 aliphatic carbocycles. The fourth-order valence-electron chi connectivity index (χ4n) is 6.97. The van der Waals surface area contributed by atoms with Crippen molar-refractivity contribution < 1.29 is 42.1 Å². The lowest BCUT2D eigenvalue weighted by molar-refractivity contribution is -0.870. The number of rotatable bonds is 48. The molecule has 9 nitrogen and oxygen atoms in total. The largest absolute Gasteiger partial charge is 0.472 e. The minimum Gasteiger partial charge on any atom is -0.462 e. The molecule has 1 N–H and O–H groups in total. The van der Waals surface area contributed by atoms with Crippen LogP contribution in [0.1, 0.15) is 206 Å². The number of likely N-dealkylation sites (N-methyl/N-ethyl adjacent to an activating group) is 1. The average molecular weight is 971 g/mol. The number of hydrogen-bond donors (Lipinski definition) is 1. The number of hydrogen-bond acceptors (Lipinski definition) is 7. The quantitative estimate of drug-likeness (QED) is 0.0211. The molecule has 0 saturated carbocycles. The fourth-order valence-corrected chi connectivity index (χ4v) is 7.71. The van der Waals surface area contributed by atoms with Gasteiger partial charge in [0, 0.05) is 12.8 Å². The smallest absolute Gasteiger partial charge is 0.462 e. The Hall–Kier alpha value is -3.07. The van der Waals surface area contributed by atoms with E-state index < -0.39 is 26.5 Å². The van der Waals surface area contributed by atoms with Crippen molar-refractivity contribution in [1.82, 2.24) is 0 Å². The highest BCUT2D eigenvalue weighted by atomic mass is 31.2. The summed E-state index contributed by atoms with van der Waals surface area (Å²) in [4.78, 5) is 35.6. The minimum atomic E-state index is -4.40. The van der Waals surface area contributed by atoms with Crippen LogP contribution in [0.2, 0.25) is 0 Å². The maximum atomic E-state index is 12.8. The summed E-state index contributed by atoms with van der Waals surface area (Å²) >= 11 is 0. The van der Waals surface area contributed by atoms with Crippen LogP contribution in [0, 0.1) is 0 Å². The summed E-state index contributed by atoms with van der Waals surface area (Å²) in [5, 5.41) is 0. The Morgan fingerprint density at radius 3 is 1.25 bits per heavy atom. The van der Waals surface area contributed by atoms with Gasteiger partial charge in [-0.1, -0.05) is 214 Å². The molecule has 10 heteroatoms. The Kier molecular flexibility index (Phi) is 46.7. The van der Waals surface area contributed by atoms with Crippen LogP contribution < -0.4 is 0 Å². The van der Waals surface area contributed by atoms with Gasteiger partial charge in [0.05, 0.1) is 27.7 Å². The molecule has 2 unspecified atom stereocenters. The van der Waals surface area contributed by atoms with Gasteiger partial charge < -0.3 is 18.9 Å². The molecule has 0 amide bonds. The summed E-state index contributed by atoms with van der Waals surface area (Å²) in [6.45, 7) is 4.27. The van der Waals surface area contributed by atoms with Crippen molar-refractivity contribution in [1.29, 1.82) is 0 Å². The number of phosphoric acid groups is 1. The number of allylic oxidation sites excluding steroid dienone is 16. The Morgan fingerprint density at radius 1 is 0.471 bits per heavy atom. The summed E-state index contributed by atoms with van der Waals surface area (Å²) in [6, 6.07) is 0. The van der Waals surface area contributed by atoms with E-state index in [9.17, 15) is 19.0 Å². The van der Waals surface area contributed by atoms with Crippen LogP contribution in [0.25, 0.3) is 0 Å². The zero-order chi connectivity index (χ0) is 49.9. The number of phosphoric ester groups is 1. The van der Waals surface area contributed by atoms with E-state index in [1.807, 2.05) is 21.1 Å². The molecule has 0 rings (SSSR count). The Balaban J connectivity index is 4.34. The maximum absolute atomic E-state index is 12.8. The Morgan fingerprint density at radius 2 is 0.838 bits per heavy atom. The summed E-state index contributed by atoms with van der Waals surface area (Å²) in [5.41, 5.74) is 0. The third-order valence-corrected chi connectivity index (χ3v) is 12.1. The van der Waals surface area contributed by atoms with Gasteiger partial charge >= 0.3 is 19.8 Å². The molecule has 2 atom stereocenters. The summed E-state index contributed by atoms with van der Waals surface area (Å²) in [5.74, 6) is -0.850. The topological polar surface area (TPSA) is 108 Å². The Labute approximate surface area is 417 Å². The van der Waals surface area contributed by atoms with Crippen molar-refractivity contribution in [2.24, 2.45) is 0 Å². The second-order valence-corrected chi connectivity index (χ2v) is 20.3. The lowest BCUT2D eigenvalue weighted by atomic mass is 10.0. The van der Waals surface area contributed by atoms with Crippen molar-refractivity contribution in [2.45, 2.75) is 213 Å². The second-order valence-electron chi connectivity index (χ2n) is 18.9. The van der Waals surface area contributed by atoms with Crippen LogP contribution in [-0.4, -0.2) is 74.9 Å². The highest BCUT2D eigenvalue weighted by molar-refractivity contribution is 7.47. The Bertz CT molecular complexity index is 1470. The maximum Gasteiger partial charge on any atom is 0.472 e. The van der Waals surface area contributed by atoms with Gasteiger partial charge in [-0.15, -0.1) is 0 Å². The molecule has 0 aliphatic heterocycles. The molecular formula is C58H101NO8P+. The number of nitrogens with zero attached hydrogens (tertiary/aromatic N) is 1. The van der Waals surface area contributed by atoms with E-state index >= 15 is 0 Å². The van der Waals surface area contributed by atoms with Gasteiger partial charge in [0.1, 0.15) is 19.8 Å². The fraction of sp³-hybridized carbons (Fsp3) is 0.690. The van der Waals surface area contributed by atoms with Crippen molar-refractivity contribution in [2.75, 3.05) is 47.5 Å². The third-order valence-electron chi connectivity index (χ3n) is 11.1. The first-order chi connectivity index (χ1) is 33.0. The van der Waals surface area contributed by atoms with Gasteiger partial charge in [-0.25, -0.2) is 4.57 Å². The second kappa shape index (κ2) is 48.9. The highest BCUT2D eigenvalue weighted by Crippen LogP contribution is 2.43. The standard InChI is InChI=1S/C58H100NO8P/c1-6-8-10-12-14-16-18-20-22-24-25-26-27-28-29-30-31-32-33-35-37-39-41-43-45-47-49-51-58(61)67-56(55-66-68(62,63)65-53-52-59(3,4)5)54-64-57(60)50-48-46-44-42-40-38-36-34-23-21-19-17-15-13-11-9-7-2/h8,10,14,16,20,22,25-26,28-29,31-32,35,37,41,43,56H,6-7,9,11-13,15,17-19,21,23-24,27,30,33-34,36,38-40,42,44-55H2,1-5H3/p+1/b10-8-,16-14-,22-20-,26-25-,29-28-,32-31-,37-35-,43-41-. The zero-order valence-corrected chi connectivity index (χ0v) is 45.0. The minimum absolute atomic E-state index is 0.0190. The number of carbonyl (C=O) groups excluding carboxylic acids is 2. The van der Waals surface area contributed by atoms with E-state index in [2.05, 4.69) is 111 Å². The van der Waals surface area contributed by atoms with Crippen LogP contribution in [0.4, 0.5) is 0 Å². The van der Waals surface area contributed by atoms with Gasteiger partial charge in [0.2, 0.25) is 0 Å². The van der Waals surface area contributed by atoms with Crippen molar-refractivity contribution in [3.8, 4) is 0 Å². The number of ether oxygens (including phenoxy) is 2. The molecule has 0 fully saturated rings. The van der Waals surface area contributed by atoms with Gasteiger partial charge in [0.15, 0.2) is 6.10 Å². The predicted molar refractivity (Wildman–Crippen MR) is 288 cm³/mol. The van der Waals surface area contributed by atoms with Crippen molar-refractivity contribution in [3.05, 3.63) is 97.2 Å². The molecule has 68 heavy (non-hydrogen) atoms. The molecule has 0 radical (unpaired) electrons. The van der Waals surface area contributed by atoms with Gasteiger partial charge in [0.25, 0.3) is 0 Å². The SMILES string of the molecule is CC/C=C\C/C=C\C/C=C\C/C=C\C/C=C\C/C=C\C/C=C\C/C=C\CCCCC(=O)OC(COC(=O)CCCCCCCCCCCCCCCCCCC)COP(=O)(O)OCC[N+](C)(C)C. The molecule has 0 spiro atoms. The normalized spacial score (nSPS) is 14.1. The van der Waals surface area contributed by atoms with E-state index in [1.165, 1.54) is 89.9 Å². The average Bonchev–Trinajstić information content (AvgIpc) is 3.30. The van der Waals surface area contributed by atoms with Crippen LogP contribution in [-0.2, 0) is 32.7 Å². The van der Waals surface area contributed by atoms with E-state index in [0.717, 1.165) is 83.5 Å². The highest BCUT2D eigenvalue weighted by Gasteiger charge is 2.27. The number of esters is 2. The van der Waals surface area contributed by atoms with Crippen LogP contribution >= 0.6 is 7.82 Å². The molecule has 390 valence electrons. The van der Waals surface area contributed by atoms with Crippen molar-refractivity contribution in [3.63, 3.8) is 0 Å². The summed E-state index contributed by atoms with van der Waals surface area (Å²) < 4.78 is 34.4. The number of quaternary nitrogens is 1. The van der Waals surface area contributed by atoms with Crippen LogP contribution in [0.5, 0.6) is 0 Å². The van der Waals surface area contributed by atoms with Gasteiger partial charge in [-0.05, 0) is 77.0 Å². The molecular weight excluding hydrogens is 870 g/mol. The first-order valence-corrected chi connectivity index (χ1v) is 28.5. The molecule has 0 heterocycles. The zero-order valence-electron chi connectivity index (χ0n) is 44.1. The van der Waals surface area contributed by atoms with Crippen LogP contribution in [0.15, 0.2) is 97.2 Å². The molecule has 0 aromatic heterocycles. The molecule has 0 aliphatic rings. The number of unbranched alkanes of at least 4 members (excludes halogenated alkanes) is 18. The summed E-state index contributed by atoms with van der Waals surface area (Å²) in [7, 11) is 1.44. The molecule has 0 bridgehead atoms. The predicted octanol–water partition coefficient (Wildman–Crippen LogP) is 16.5. The summed E-state index contributed by atoms with van der Waals surface area (Å²) in [6.07, 6.45) is 66.1. The molecule has 0 aromatic carbocycles. The molecule has 0 aromatic rings. The van der Waals surface area contributed by atoms with Crippen LogP contribution in [0.3, 0.4) is 0 Å². The third kappa shape index (κ3) is 52.3. The van der Waals surface area contributed by atoms with E-state index in [0.29, 0.717) is 17.4 Å². The van der Waals surface area contributed by atoms with Gasteiger partial charge in [-0.3, -0.25) is 18.6 Å². The lowest BCUT2D eigenvalue weighted by Crippen LogP contribution is -2.37. The monoisotopic (exact) mass is 971 g/mol. The van der Waals surface area contributed by atoms with Gasteiger partial charge in [-0.2, -0.15) is 0 Å². The first-order valence-electron chi connectivity index (χ1n) is 27.0.